The Bertz CT molecular complexity index is 1570. The number of aromatic carboxylic acids is 1. The predicted molar refractivity (Wildman–Crippen MR) is 154 cm³/mol. The molecule has 1 saturated heterocycles. The Morgan fingerprint density at radius 1 is 1.20 bits per heavy atom. The number of ether oxygens (including phenoxy) is 2. The van der Waals surface area contributed by atoms with Crippen LogP contribution in [-0.4, -0.2) is 45.6 Å². The first-order chi connectivity index (χ1) is 19.1. The lowest BCUT2D eigenvalue weighted by Crippen LogP contribution is -2.23. The molecule has 40 heavy (non-hydrogen) atoms. The first-order valence-electron chi connectivity index (χ1n) is 12.0. The highest BCUT2D eigenvalue weighted by atomic mass is 35.5. The van der Waals surface area contributed by atoms with Crippen molar-refractivity contribution in [1.82, 2.24) is 4.90 Å². The van der Waals surface area contributed by atoms with E-state index in [-0.39, 0.29) is 34.5 Å². The number of thioether (sulfide) groups is 1. The third-order valence-electron chi connectivity index (χ3n) is 5.89. The molecule has 206 valence electrons. The quantitative estimate of drug-likeness (QED) is 0.173. The summed E-state index contributed by atoms with van der Waals surface area (Å²) in [5.74, 6) is -0.708. The van der Waals surface area contributed by atoms with Gasteiger partial charge in [0.25, 0.3) is 11.6 Å². The Morgan fingerprint density at radius 2 is 1.95 bits per heavy atom. The van der Waals surface area contributed by atoms with Crippen molar-refractivity contribution in [3.8, 4) is 11.5 Å². The summed E-state index contributed by atoms with van der Waals surface area (Å²) in [5.41, 5.74) is 2.22. The summed E-state index contributed by atoms with van der Waals surface area (Å²) in [6.45, 7) is 3.83. The topological polar surface area (TPSA) is 132 Å². The minimum absolute atomic E-state index is 0.0311. The number of nitro groups is 1. The summed E-state index contributed by atoms with van der Waals surface area (Å²) in [5, 5.41) is 21.1. The molecular weight excluding hydrogens is 558 g/mol. The Kier molecular flexibility index (Phi) is 8.76. The molecule has 1 aliphatic heterocycles. The average molecular weight is 582 g/mol. The van der Waals surface area contributed by atoms with Crippen LogP contribution in [-0.2, 0) is 11.4 Å². The van der Waals surface area contributed by atoms with Crippen LogP contribution in [0.2, 0.25) is 5.02 Å². The molecular formula is C28H24ClN3O7S. The number of rotatable bonds is 9. The number of halogens is 1. The van der Waals surface area contributed by atoms with E-state index >= 15 is 0 Å². The van der Waals surface area contributed by atoms with Gasteiger partial charge in [-0.1, -0.05) is 29.8 Å². The Hall–Kier alpha value is -4.35. The van der Waals surface area contributed by atoms with Gasteiger partial charge >= 0.3 is 5.97 Å². The molecule has 0 saturated carbocycles. The molecule has 3 aromatic carbocycles. The molecule has 10 nitrogen and oxygen atoms in total. The fourth-order valence-electron chi connectivity index (χ4n) is 3.87. The lowest BCUT2D eigenvalue weighted by atomic mass is 10.1. The number of aliphatic imine (C=N–C) groups is 1. The van der Waals surface area contributed by atoms with E-state index in [9.17, 15) is 24.8 Å². The van der Waals surface area contributed by atoms with E-state index in [0.29, 0.717) is 44.8 Å². The minimum Gasteiger partial charge on any atom is -0.490 e. The number of hydrogen-bond acceptors (Lipinski definition) is 8. The van der Waals surface area contributed by atoms with E-state index in [1.54, 1.807) is 63.4 Å². The van der Waals surface area contributed by atoms with Gasteiger partial charge in [-0.3, -0.25) is 19.8 Å². The van der Waals surface area contributed by atoms with Gasteiger partial charge in [-0.15, -0.1) is 0 Å². The van der Waals surface area contributed by atoms with Crippen LogP contribution in [0.3, 0.4) is 0 Å². The summed E-state index contributed by atoms with van der Waals surface area (Å²) in [6, 6.07) is 14.2. The highest BCUT2D eigenvalue weighted by Crippen LogP contribution is 2.40. The van der Waals surface area contributed by atoms with Crippen molar-refractivity contribution in [2.24, 2.45) is 4.99 Å². The maximum atomic E-state index is 13.0. The molecule has 0 radical (unpaired) electrons. The Morgan fingerprint density at radius 3 is 2.65 bits per heavy atom. The Balaban J connectivity index is 1.60. The van der Waals surface area contributed by atoms with E-state index in [4.69, 9.17) is 21.1 Å². The summed E-state index contributed by atoms with van der Waals surface area (Å²) in [7, 11) is 1.59. The number of amides is 1. The molecule has 12 heteroatoms. The number of carboxylic acids is 1. The van der Waals surface area contributed by atoms with Gasteiger partial charge in [0.2, 0.25) is 0 Å². The van der Waals surface area contributed by atoms with Crippen molar-refractivity contribution in [3.63, 3.8) is 0 Å². The maximum absolute atomic E-state index is 13.0. The third-order valence-corrected chi connectivity index (χ3v) is 7.23. The van der Waals surface area contributed by atoms with E-state index in [2.05, 4.69) is 4.99 Å². The largest absolute Gasteiger partial charge is 0.490 e. The summed E-state index contributed by atoms with van der Waals surface area (Å²) >= 11 is 7.70. The van der Waals surface area contributed by atoms with Gasteiger partial charge in [-0.05, 0) is 72.6 Å². The molecule has 0 atom stereocenters. The third kappa shape index (κ3) is 6.27. The SMILES string of the molecule is CCOc1cc(/C=C2\SC(=Nc3cccc(C(=O)O)c3C)N(C)C2=O)cc(Cl)c1OCc1cccc([N+](=O)[O-])c1. The molecule has 1 N–H and O–H groups in total. The second kappa shape index (κ2) is 12.2. The lowest BCUT2D eigenvalue weighted by molar-refractivity contribution is -0.384. The smallest absolute Gasteiger partial charge is 0.336 e. The van der Waals surface area contributed by atoms with Crippen LogP contribution < -0.4 is 9.47 Å². The van der Waals surface area contributed by atoms with Crippen molar-refractivity contribution in [3.05, 3.63) is 96.9 Å². The van der Waals surface area contributed by atoms with Crippen LogP contribution in [0.1, 0.15) is 34.0 Å². The van der Waals surface area contributed by atoms with Crippen LogP contribution in [0.15, 0.2) is 64.5 Å². The summed E-state index contributed by atoms with van der Waals surface area (Å²) in [6.07, 6.45) is 1.66. The molecule has 4 rings (SSSR count). The number of carboxylic acid groups (broad SMARTS) is 1. The van der Waals surface area contributed by atoms with Crippen LogP contribution in [0, 0.1) is 17.0 Å². The summed E-state index contributed by atoms with van der Waals surface area (Å²) < 4.78 is 11.6. The molecule has 1 amide bonds. The zero-order valence-corrected chi connectivity index (χ0v) is 23.3. The van der Waals surface area contributed by atoms with Crippen molar-refractivity contribution < 1.29 is 29.1 Å². The van der Waals surface area contributed by atoms with Crippen molar-refractivity contribution >= 4 is 57.9 Å². The number of hydrogen-bond donors (Lipinski definition) is 1. The fourth-order valence-corrected chi connectivity index (χ4v) is 5.13. The average Bonchev–Trinajstić information content (AvgIpc) is 3.17. The molecule has 3 aromatic rings. The van der Waals surface area contributed by atoms with E-state index in [0.717, 1.165) is 11.8 Å². The number of likely N-dealkylation sites (N-methyl/N-ethyl adjacent to an activating group) is 1. The second-order valence-corrected chi connectivity index (χ2v) is 10.0. The number of amidine groups is 1. The van der Waals surface area contributed by atoms with Crippen molar-refractivity contribution in [2.75, 3.05) is 13.7 Å². The van der Waals surface area contributed by atoms with Gasteiger partial charge in [0.05, 0.1) is 32.7 Å². The zero-order valence-electron chi connectivity index (χ0n) is 21.7. The van der Waals surface area contributed by atoms with Crippen molar-refractivity contribution in [1.29, 1.82) is 0 Å². The number of nitrogens with zero attached hydrogens (tertiary/aromatic N) is 3. The minimum atomic E-state index is -1.05. The van der Waals surface area contributed by atoms with Gasteiger partial charge < -0.3 is 14.6 Å². The maximum Gasteiger partial charge on any atom is 0.336 e. The van der Waals surface area contributed by atoms with Gasteiger partial charge in [0.1, 0.15) is 6.61 Å². The molecule has 1 fully saturated rings. The number of carbonyl (C=O) groups is 2. The molecule has 0 spiro atoms. The first-order valence-corrected chi connectivity index (χ1v) is 13.2. The number of benzene rings is 3. The van der Waals surface area contributed by atoms with Crippen LogP contribution in [0.25, 0.3) is 6.08 Å². The van der Waals surface area contributed by atoms with Crippen LogP contribution >= 0.6 is 23.4 Å². The standard InChI is InChI=1S/C28H24ClN3O7S/c1-4-38-23-13-18(12-21(29)25(23)39-15-17-7-5-8-19(11-17)32(36)37)14-24-26(33)31(3)28(40-24)30-22-10-6-9-20(16(22)2)27(34)35/h5-14H,4,15H2,1-3H3,(H,34,35)/b24-14-,30-28?. The molecule has 0 unspecified atom stereocenters. The van der Waals surface area contributed by atoms with E-state index < -0.39 is 10.9 Å². The van der Waals surface area contributed by atoms with E-state index in [1.165, 1.54) is 23.1 Å². The zero-order chi connectivity index (χ0) is 29.0. The normalized spacial score (nSPS) is 15.1. The van der Waals surface area contributed by atoms with Gasteiger partial charge in [0.15, 0.2) is 16.7 Å². The fraction of sp³-hybridized carbons (Fsp3) is 0.179. The summed E-state index contributed by atoms with van der Waals surface area (Å²) in [4.78, 5) is 41.4. The highest BCUT2D eigenvalue weighted by Gasteiger charge is 2.31. The number of carbonyl (C=O) groups excluding carboxylic acids is 1. The van der Waals surface area contributed by atoms with Gasteiger partial charge in [0, 0.05) is 19.2 Å². The van der Waals surface area contributed by atoms with Crippen molar-refractivity contribution in [2.45, 2.75) is 20.5 Å². The molecule has 0 bridgehead atoms. The number of non-ortho nitro benzene ring substituents is 1. The molecule has 1 heterocycles. The molecule has 1 aliphatic rings. The predicted octanol–water partition coefficient (Wildman–Crippen LogP) is 6.47. The van der Waals surface area contributed by atoms with Gasteiger partial charge in [-0.25, -0.2) is 9.79 Å². The monoisotopic (exact) mass is 581 g/mol. The van der Waals surface area contributed by atoms with Crippen LogP contribution in [0.4, 0.5) is 11.4 Å². The number of nitro benzene ring substituents is 1. The second-order valence-electron chi connectivity index (χ2n) is 8.60. The molecule has 0 aliphatic carbocycles. The lowest BCUT2D eigenvalue weighted by Gasteiger charge is -2.14. The highest BCUT2D eigenvalue weighted by molar-refractivity contribution is 8.18. The van der Waals surface area contributed by atoms with Crippen LogP contribution in [0.5, 0.6) is 11.5 Å². The van der Waals surface area contributed by atoms with E-state index in [1.807, 2.05) is 0 Å². The molecule has 0 aromatic heterocycles. The Labute approximate surface area is 239 Å². The first kappa shape index (κ1) is 28.7. The van der Waals surface area contributed by atoms with Gasteiger partial charge in [-0.2, -0.15) is 0 Å².